The molecule has 0 radical (unpaired) electrons. The number of methoxy groups -OCH3 is 1. The fraction of sp³-hybridized carbons (Fsp3) is 0.200. The molecule has 1 fully saturated rings. The number of thioether (sulfide) groups is 1. The Morgan fingerprint density at radius 2 is 1.86 bits per heavy atom. The van der Waals surface area contributed by atoms with Gasteiger partial charge in [0.05, 0.1) is 12.0 Å². The van der Waals surface area contributed by atoms with Crippen molar-refractivity contribution in [3.63, 3.8) is 0 Å². The van der Waals surface area contributed by atoms with Gasteiger partial charge in [0.15, 0.2) is 11.5 Å². The zero-order chi connectivity index (χ0) is 21.0. The van der Waals surface area contributed by atoms with Gasteiger partial charge in [0.1, 0.15) is 9.22 Å². The molecule has 3 rings (SSSR count). The van der Waals surface area contributed by atoms with Crippen LogP contribution in [0.15, 0.2) is 58.3 Å². The summed E-state index contributed by atoms with van der Waals surface area (Å²) in [6.45, 7) is 2.56. The molecule has 2 aromatic rings. The van der Waals surface area contributed by atoms with E-state index in [1.165, 1.54) is 37.1 Å². The van der Waals surface area contributed by atoms with Gasteiger partial charge in [-0.1, -0.05) is 55.2 Å². The number of rotatable bonds is 7. The molecule has 0 N–H and O–H groups in total. The summed E-state index contributed by atoms with van der Waals surface area (Å²) in [6, 6.07) is 12.6. The van der Waals surface area contributed by atoms with Gasteiger partial charge in [-0.3, -0.25) is 9.69 Å². The Kier molecular flexibility index (Phi) is 6.61. The van der Waals surface area contributed by atoms with Crippen molar-refractivity contribution < 1.29 is 22.1 Å². The Hall–Kier alpha value is -2.36. The standard InChI is InChI=1S/C20H19NO5S3/c1-3-11-21-19(22)18(28-20(21)27)13-14-9-10-16(17(12-14)25-2)26-29(23,24)15-7-5-4-6-8-15/h4-10,12-13H,3,11H2,1-2H3/b18-13-. The summed E-state index contributed by atoms with van der Waals surface area (Å²) in [7, 11) is -2.57. The van der Waals surface area contributed by atoms with E-state index in [0.717, 1.165) is 6.42 Å². The van der Waals surface area contributed by atoms with E-state index in [2.05, 4.69) is 0 Å². The molecule has 1 aliphatic rings. The van der Waals surface area contributed by atoms with Gasteiger partial charge in [0, 0.05) is 6.54 Å². The second kappa shape index (κ2) is 8.98. The van der Waals surface area contributed by atoms with Gasteiger partial charge in [-0.15, -0.1) is 0 Å². The van der Waals surface area contributed by atoms with E-state index >= 15 is 0 Å². The molecule has 0 spiro atoms. The fourth-order valence-electron chi connectivity index (χ4n) is 2.66. The number of ether oxygens (including phenoxy) is 1. The second-order valence-electron chi connectivity index (χ2n) is 6.09. The summed E-state index contributed by atoms with van der Waals surface area (Å²) in [6.07, 6.45) is 2.52. The number of thiocarbonyl (C=S) groups is 1. The molecule has 29 heavy (non-hydrogen) atoms. The lowest BCUT2D eigenvalue weighted by atomic mass is 10.2. The van der Waals surface area contributed by atoms with Crippen molar-refractivity contribution in [2.24, 2.45) is 0 Å². The minimum atomic E-state index is -3.99. The third kappa shape index (κ3) is 4.80. The molecular weight excluding hydrogens is 430 g/mol. The Morgan fingerprint density at radius 1 is 1.14 bits per heavy atom. The Morgan fingerprint density at radius 3 is 2.52 bits per heavy atom. The summed E-state index contributed by atoms with van der Waals surface area (Å²) >= 11 is 6.51. The van der Waals surface area contributed by atoms with Gasteiger partial charge in [0.25, 0.3) is 5.91 Å². The van der Waals surface area contributed by atoms with E-state index in [4.69, 9.17) is 21.1 Å². The maximum Gasteiger partial charge on any atom is 0.339 e. The maximum absolute atomic E-state index is 12.5. The van der Waals surface area contributed by atoms with Crippen molar-refractivity contribution in [3.8, 4) is 11.5 Å². The van der Waals surface area contributed by atoms with Crippen LogP contribution in [0.25, 0.3) is 6.08 Å². The molecule has 6 nitrogen and oxygen atoms in total. The molecule has 2 aromatic carbocycles. The van der Waals surface area contributed by atoms with E-state index in [1.54, 1.807) is 41.3 Å². The van der Waals surface area contributed by atoms with Crippen LogP contribution in [-0.4, -0.2) is 37.2 Å². The van der Waals surface area contributed by atoms with E-state index in [0.29, 0.717) is 21.3 Å². The molecule has 1 amide bonds. The number of hydrogen-bond acceptors (Lipinski definition) is 7. The number of benzene rings is 2. The van der Waals surface area contributed by atoms with Crippen LogP contribution < -0.4 is 8.92 Å². The van der Waals surface area contributed by atoms with Crippen LogP contribution in [-0.2, 0) is 14.9 Å². The lowest BCUT2D eigenvalue weighted by Gasteiger charge is -2.12. The minimum absolute atomic E-state index is 0.0470. The van der Waals surface area contributed by atoms with E-state index < -0.39 is 10.1 Å². The highest BCUT2D eigenvalue weighted by atomic mass is 32.2. The molecule has 1 heterocycles. The lowest BCUT2D eigenvalue weighted by molar-refractivity contribution is -0.122. The van der Waals surface area contributed by atoms with E-state index in [9.17, 15) is 13.2 Å². The van der Waals surface area contributed by atoms with E-state index in [1.807, 2.05) is 6.92 Å². The van der Waals surface area contributed by atoms with Gasteiger partial charge in [-0.2, -0.15) is 8.42 Å². The minimum Gasteiger partial charge on any atom is -0.493 e. The largest absolute Gasteiger partial charge is 0.493 e. The van der Waals surface area contributed by atoms with Crippen LogP contribution in [0.5, 0.6) is 11.5 Å². The van der Waals surface area contributed by atoms with Gasteiger partial charge >= 0.3 is 10.1 Å². The van der Waals surface area contributed by atoms with Crippen LogP contribution in [0.2, 0.25) is 0 Å². The average molecular weight is 450 g/mol. The number of nitrogens with zero attached hydrogens (tertiary/aromatic N) is 1. The van der Waals surface area contributed by atoms with Crippen LogP contribution >= 0.6 is 24.0 Å². The Labute approximate surface area is 179 Å². The first-order valence-electron chi connectivity index (χ1n) is 8.78. The predicted octanol–water partition coefficient (Wildman–Crippen LogP) is 4.07. The van der Waals surface area contributed by atoms with Gasteiger partial charge in [-0.05, 0) is 42.3 Å². The van der Waals surface area contributed by atoms with Crippen LogP contribution in [0, 0.1) is 0 Å². The summed E-state index contributed by atoms with van der Waals surface area (Å²) in [4.78, 5) is 14.6. The molecule has 0 bridgehead atoms. The molecule has 0 aromatic heterocycles. The predicted molar refractivity (Wildman–Crippen MR) is 117 cm³/mol. The number of amides is 1. The maximum atomic E-state index is 12.5. The summed E-state index contributed by atoms with van der Waals surface area (Å²) < 4.78 is 36.0. The summed E-state index contributed by atoms with van der Waals surface area (Å²) in [5.41, 5.74) is 0.670. The van der Waals surface area contributed by atoms with Crippen LogP contribution in [0.4, 0.5) is 0 Å². The van der Waals surface area contributed by atoms with Crippen LogP contribution in [0.3, 0.4) is 0 Å². The second-order valence-corrected chi connectivity index (χ2v) is 9.32. The fourth-order valence-corrected chi connectivity index (χ4v) is 4.93. The number of carbonyl (C=O) groups is 1. The summed E-state index contributed by atoms with van der Waals surface area (Å²) in [5, 5.41) is 0. The van der Waals surface area contributed by atoms with Crippen molar-refractivity contribution in [3.05, 3.63) is 59.0 Å². The SMILES string of the molecule is CCCN1C(=O)/C(=C/c2ccc(OS(=O)(=O)c3ccccc3)c(OC)c2)SC1=S. The molecule has 1 saturated heterocycles. The zero-order valence-corrected chi connectivity index (χ0v) is 18.3. The van der Waals surface area contributed by atoms with E-state index in [-0.39, 0.29) is 22.3 Å². The number of hydrogen-bond donors (Lipinski definition) is 0. The first-order valence-corrected chi connectivity index (χ1v) is 11.4. The van der Waals surface area contributed by atoms with Gasteiger partial charge in [-0.25, -0.2) is 0 Å². The zero-order valence-electron chi connectivity index (χ0n) is 15.8. The quantitative estimate of drug-likeness (QED) is 0.358. The smallest absolute Gasteiger partial charge is 0.339 e. The Balaban J connectivity index is 1.86. The third-order valence-electron chi connectivity index (χ3n) is 4.04. The molecule has 152 valence electrons. The number of carbonyl (C=O) groups excluding carboxylic acids is 1. The Bertz CT molecular complexity index is 1060. The third-order valence-corrected chi connectivity index (χ3v) is 6.66. The average Bonchev–Trinajstić information content (AvgIpc) is 2.97. The summed E-state index contributed by atoms with van der Waals surface area (Å²) in [5.74, 6) is 0.169. The van der Waals surface area contributed by atoms with Crippen molar-refractivity contribution in [1.29, 1.82) is 0 Å². The molecule has 0 atom stereocenters. The molecule has 0 saturated carbocycles. The molecule has 0 aliphatic carbocycles. The van der Waals surface area contributed by atoms with Crippen molar-refractivity contribution >= 4 is 50.4 Å². The topological polar surface area (TPSA) is 72.9 Å². The highest BCUT2D eigenvalue weighted by Crippen LogP contribution is 2.35. The highest BCUT2D eigenvalue weighted by molar-refractivity contribution is 8.26. The first kappa shape index (κ1) is 21.4. The monoisotopic (exact) mass is 449 g/mol. The molecule has 1 aliphatic heterocycles. The van der Waals surface area contributed by atoms with Crippen LogP contribution in [0.1, 0.15) is 18.9 Å². The first-order chi connectivity index (χ1) is 13.9. The van der Waals surface area contributed by atoms with Gasteiger partial charge in [0.2, 0.25) is 0 Å². The molecular formula is C20H19NO5S3. The molecule has 0 unspecified atom stereocenters. The highest BCUT2D eigenvalue weighted by Gasteiger charge is 2.31. The van der Waals surface area contributed by atoms with Crippen molar-refractivity contribution in [2.75, 3.05) is 13.7 Å². The van der Waals surface area contributed by atoms with Gasteiger partial charge < -0.3 is 8.92 Å². The normalized spacial score (nSPS) is 15.8. The van der Waals surface area contributed by atoms with Crippen molar-refractivity contribution in [1.82, 2.24) is 4.90 Å². The van der Waals surface area contributed by atoms with Crippen molar-refractivity contribution in [2.45, 2.75) is 18.2 Å². The lowest BCUT2D eigenvalue weighted by Crippen LogP contribution is -2.28. The molecule has 9 heteroatoms.